The Labute approximate surface area is 156 Å². The van der Waals surface area contributed by atoms with E-state index in [1.807, 2.05) is 24.3 Å². The van der Waals surface area contributed by atoms with Gasteiger partial charge < -0.3 is 10.1 Å². The Kier molecular flexibility index (Phi) is 7.43. The molecule has 1 heterocycles. The molecule has 0 radical (unpaired) electrons. The predicted octanol–water partition coefficient (Wildman–Crippen LogP) is 1.61. The number of amides is 1. The van der Waals surface area contributed by atoms with E-state index < -0.39 is 10.2 Å². The van der Waals surface area contributed by atoms with Gasteiger partial charge in [-0.1, -0.05) is 12.1 Å². The summed E-state index contributed by atoms with van der Waals surface area (Å²) in [5.41, 5.74) is 0.985. The number of methoxy groups -OCH3 is 1. The van der Waals surface area contributed by atoms with E-state index in [4.69, 9.17) is 4.74 Å². The van der Waals surface area contributed by atoms with Gasteiger partial charge in [-0.15, -0.1) is 0 Å². The summed E-state index contributed by atoms with van der Waals surface area (Å²) < 4.78 is 32.4. The maximum atomic E-state index is 12.2. The van der Waals surface area contributed by atoms with Crippen LogP contribution in [0.5, 0.6) is 5.75 Å². The summed E-state index contributed by atoms with van der Waals surface area (Å²) in [5, 5.41) is 2.91. The Hall–Kier alpha value is -1.64. The minimum atomic E-state index is -3.37. The van der Waals surface area contributed by atoms with E-state index in [-0.39, 0.29) is 11.8 Å². The van der Waals surface area contributed by atoms with Crippen LogP contribution >= 0.6 is 0 Å². The van der Waals surface area contributed by atoms with Crippen LogP contribution in [0.2, 0.25) is 0 Å². The highest BCUT2D eigenvalue weighted by atomic mass is 32.2. The van der Waals surface area contributed by atoms with Gasteiger partial charge in [-0.3, -0.25) is 4.79 Å². The average molecular weight is 384 g/mol. The summed E-state index contributed by atoms with van der Waals surface area (Å²) in [6.45, 7) is 1.50. The third-order valence-corrected chi connectivity index (χ3v) is 6.58. The third-order valence-electron chi connectivity index (χ3n) is 4.67. The van der Waals surface area contributed by atoms with Crippen LogP contribution < -0.4 is 10.1 Å². The molecule has 1 aromatic carbocycles. The van der Waals surface area contributed by atoms with Gasteiger partial charge in [0.05, 0.1) is 7.11 Å². The van der Waals surface area contributed by atoms with E-state index >= 15 is 0 Å². The number of piperidine rings is 1. The second kappa shape index (κ2) is 9.34. The van der Waals surface area contributed by atoms with Gasteiger partial charge in [-0.2, -0.15) is 17.0 Å². The molecule has 0 aliphatic carbocycles. The fourth-order valence-corrected chi connectivity index (χ4v) is 4.33. The molecule has 7 nitrogen and oxygen atoms in total. The molecule has 0 saturated carbocycles. The van der Waals surface area contributed by atoms with E-state index in [2.05, 4.69) is 5.32 Å². The van der Waals surface area contributed by atoms with Crippen LogP contribution in [-0.2, 0) is 21.5 Å². The Morgan fingerprint density at radius 1 is 1.38 bits per heavy atom. The van der Waals surface area contributed by atoms with Gasteiger partial charge in [0.15, 0.2) is 0 Å². The highest BCUT2D eigenvalue weighted by molar-refractivity contribution is 7.86. The lowest BCUT2D eigenvalue weighted by Crippen LogP contribution is -2.45. The number of nitrogens with zero attached hydrogens (tertiary/aromatic N) is 2. The summed E-state index contributed by atoms with van der Waals surface area (Å²) in [4.78, 5) is 12.1. The van der Waals surface area contributed by atoms with E-state index in [0.717, 1.165) is 24.2 Å². The number of ether oxygens (including phenoxy) is 1. The number of nitrogens with one attached hydrogen (secondary N) is 1. The van der Waals surface area contributed by atoms with Gasteiger partial charge in [0.1, 0.15) is 5.75 Å². The largest absolute Gasteiger partial charge is 0.497 e. The number of hydrogen-bond donors (Lipinski definition) is 1. The Balaban J connectivity index is 1.78. The van der Waals surface area contributed by atoms with Gasteiger partial charge in [0, 0.05) is 40.2 Å². The van der Waals surface area contributed by atoms with Crippen LogP contribution in [0.1, 0.15) is 31.2 Å². The monoisotopic (exact) mass is 383 g/mol. The van der Waals surface area contributed by atoms with Crippen molar-refractivity contribution in [1.82, 2.24) is 13.9 Å². The maximum absolute atomic E-state index is 12.2. The van der Waals surface area contributed by atoms with E-state index in [0.29, 0.717) is 32.5 Å². The Morgan fingerprint density at radius 2 is 2.15 bits per heavy atom. The summed E-state index contributed by atoms with van der Waals surface area (Å²) >= 11 is 0. The third kappa shape index (κ3) is 5.69. The van der Waals surface area contributed by atoms with Crippen molar-refractivity contribution >= 4 is 16.1 Å². The van der Waals surface area contributed by atoms with Crippen molar-refractivity contribution in [3.8, 4) is 5.75 Å². The molecule has 8 heteroatoms. The molecule has 0 aromatic heterocycles. The van der Waals surface area contributed by atoms with Crippen LogP contribution in [0.15, 0.2) is 24.3 Å². The number of benzene rings is 1. The maximum Gasteiger partial charge on any atom is 0.281 e. The lowest BCUT2D eigenvalue weighted by Gasteiger charge is -2.33. The summed E-state index contributed by atoms with van der Waals surface area (Å²) in [6, 6.07) is 7.59. The lowest BCUT2D eigenvalue weighted by molar-refractivity contribution is -0.121. The number of rotatable bonds is 8. The first kappa shape index (κ1) is 20.7. The number of hydrogen-bond acceptors (Lipinski definition) is 4. The van der Waals surface area contributed by atoms with Crippen LogP contribution in [0.25, 0.3) is 0 Å². The van der Waals surface area contributed by atoms with E-state index in [1.165, 1.54) is 8.61 Å². The van der Waals surface area contributed by atoms with Gasteiger partial charge in [-0.05, 0) is 42.9 Å². The Bertz CT molecular complexity index is 706. The van der Waals surface area contributed by atoms with Gasteiger partial charge in [-0.25, -0.2) is 0 Å². The molecule has 1 N–H and O–H groups in total. The SMILES string of the molecule is COc1cccc(CNC(=O)CC[C@@H]2CCCN(S(=O)(=O)N(C)C)C2)c1. The smallest absolute Gasteiger partial charge is 0.281 e. The molecule has 1 saturated heterocycles. The molecule has 1 aromatic rings. The zero-order valence-corrected chi connectivity index (χ0v) is 16.6. The number of carbonyl (C=O) groups is 1. The summed E-state index contributed by atoms with van der Waals surface area (Å²) in [5.74, 6) is 0.975. The summed E-state index contributed by atoms with van der Waals surface area (Å²) in [7, 11) is 1.34. The van der Waals surface area contributed by atoms with Crippen molar-refractivity contribution in [2.45, 2.75) is 32.2 Å². The predicted molar refractivity (Wildman–Crippen MR) is 101 cm³/mol. The van der Waals surface area contributed by atoms with Crippen LogP contribution in [0, 0.1) is 5.92 Å². The Morgan fingerprint density at radius 3 is 2.85 bits per heavy atom. The van der Waals surface area contributed by atoms with Crippen LogP contribution in [0.4, 0.5) is 0 Å². The molecule has 1 amide bonds. The molecule has 1 fully saturated rings. The normalized spacial score (nSPS) is 18.7. The molecule has 1 aliphatic heterocycles. The van der Waals surface area contributed by atoms with Crippen LogP contribution in [-0.4, -0.2) is 57.2 Å². The van der Waals surface area contributed by atoms with E-state index in [9.17, 15) is 13.2 Å². The zero-order valence-electron chi connectivity index (χ0n) is 15.8. The van der Waals surface area contributed by atoms with Gasteiger partial charge in [0.2, 0.25) is 5.91 Å². The standard InChI is InChI=1S/C18H29N3O4S/c1-20(2)26(23,24)21-11-5-7-15(14-21)9-10-18(22)19-13-16-6-4-8-17(12-16)25-3/h4,6,8,12,15H,5,7,9-11,13-14H2,1-3H3,(H,19,22)/t15-/m0/s1. The average Bonchev–Trinajstić information content (AvgIpc) is 2.65. The molecule has 1 atom stereocenters. The molecule has 1 aliphatic rings. The highest BCUT2D eigenvalue weighted by Crippen LogP contribution is 2.23. The molecule has 0 spiro atoms. The second-order valence-corrected chi connectivity index (χ2v) is 8.97. The fraction of sp³-hybridized carbons (Fsp3) is 0.611. The van der Waals surface area contributed by atoms with E-state index in [1.54, 1.807) is 21.2 Å². The molecule has 0 unspecified atom stereocenters. The minimum absolute atomic E-state index is 0.0135. The molecular formula is C18H29N3O4S. The second-order valence-electron chi connectivity index (χ2n) is 6.82. The minimum Gasteiger partial charge on any atom is -0.497 e. The molecule has 0 bridgehead atoms. The first-order chi connectivity index (χ1) is 12.3. The zero-order chi connectivity index (χ0) is 19.2. The lowest BCUT2D eigenvalue weighted by atomic mass is 9.94. The summed E-state index contributed by atoms with van der Waals surface area (Å²) in [6.07, 6.45) is 2.90. The molecule has 146 valence electrons. The van der Waals surface area contributed by atoms with Crippen LogP contribution in [0.3, 0.4) is 0 Å². The van der Waals surface area contributed by atoms with Crippen molar-refractivity contribution in [2.75, 3.05) is 34.3 Å². The first-order valence-electron chi connectivity index (χ1n) is 8.90. The molecule has 2 rings (SSSR count). The fourth-order valence-electron chi connectivity index (χ4n) is 3.11. The number of carbonyl (C=O) groups excluding carboxylic acids is 1. The highest BCUT2D eigenvalue weighted by Gasteiger charge is 2.30. The van der Waals surface area contributed by atoms with Crippen molar-refractivity contribution in [3.63, 3.8) is 0 Å². The van der Waals surface area contributed by atoms with Gasteiger partial charge >= 0.3 is 0 Å². The molecule has 26 heavy (non-hydrogen) atoms. The van der Waals surface area contributed by atoms with Crippen molar-refractivity contribution < 1.29 is 17.9 Å². The quantitative estimate of drug-likeness (QED) is 0.740. The van der Waals surface area contributed by atoms with Crippen molar-refractivity contribution in [2.24, 2.45) is 5.92 Å². The molecular weight excluding hydrogens is 354 g/mol. The van der Waals surface area contributed by atoms with Crippen molar-refractivity contribution in [3.05, 3.63) is 29.8 Å². The van der Waals surface area contributed by atoms with Gasteiger partial charge in [0.25, 0.3) is 10.2 Å². The van der Waals surface area contributed by atoms with Crippen molar-refractivity contribution in [1.29, 1.82) is 0 Å². The first-order valence-corrected chi connectivity index (χ1v) is 10.3. The topological polar surface area (TPSA) is 79.0 Å².